The Labute approximate surface area is 182 Å². The number of hydrogen-bond donors (Lipinski definition) is 1. The van der Waals surface area contributed by atoms with Gasteiger partial charge >= 0.3 is 0 Å². The van der Waals surface area contributed by atoms with Gasteiger partial charge in [0, 0.05) is 17.0 Å². The molecule has 3 aromatic rings. The van der Waals surface area contributed by atoms with E-state index in [0.717, 1.165) is 53.7 Å². The zero-order chi connectivity index (χ0) is 21.2. The summed E-state index contributed by atoms with van der Waals surface area (Å²) in [5, 5.41) is 13.0. The summed E-state index contributed by atoms with van der Waals surface area (Å²) in [6.45, 7) is 6.41. The van der Waals surface area contributed by atoms with Crippen LogP contribution in [0.15, 0.2) is 48.5 Å². The maximum atomic E-state index is 8.80. The van der Waals surface area contributed by atoms with Crippen LogP contribution in [0.2, 0.25) is 0 Å². The number of ether oxygens (including phenoxy) is 2. The van der Waals surface area contributed by atoms with Crippen molar-refractivity contribution in [2.24, 2.45) is 0 Å². The third kappa shape index (κ3) is 6.23. The highest BCUT2D eigenvalue weighted by Crippen LogP contribution is 2.31. The molecule has 1 aromatic heterocycles. The summed E-state index contributed by atoms with van der Waals surface area (Å²) < 4.78 is 11.6. The summed E-state index contributed by atoms with van der Waals surface area (Å²) in [4.78, 5) is 5.89. The van der Waals surface area contributed by atoms with Crippen molar-refractivity contribution in [3.05, 3.63) is 59.0 Å². The van der Waals surface area contributed by atoms with Crippen LogP contribution in [0.3, 0.4) is 0 Å². The van der Waals surface area contributed by atoms with Gasteiger partial charge in [-0.05, 0) is 81.6 Å². The van der Waals surface area contributed by atoms with E-state index in [2.05, 4.69) is 42.4 Å². The largest absolute Gasteiger partial charge is 0.494 e. The van der Waals surface area contributed by atoms with Crippen molar-refractivity contribution in [2.45, 2.75) is 33.1 Å². The Morgan fingerprint density at radius 2 is 1.53 bits per heavy atom. The maximum absolute atomic E-state index is 8.80. The molecule has 0 saturated heterocycles. The van der Waals surface area contributed by atoms with Gasteiger partial charge < -0.3 is 14.8 Å². The number of benzene rings is 2. The van der Waals surface area contributed by atoms with Gasteiger partial charge in [0.05, 0.1) is 30.5 Å². The predicted octanol–water partition coefficient (Wildman–Crippen LogP) is 6.05. The van der Waals surface area contributed by atoms with Crippen molar-refractivity contribution in [3.8, 4) is 28.8 Å². The van der Waals surface area contributed by atoms with Gasteiger partial charge in [0.25, 0.3) is 0 Å². The van der Waals surface area contributed by atoms with Crippen LogP contribution in [0.1, 0.15) is 36.6 Å². The Morgan fingerprint density at radius 1 is 0.933 bits per heavy atom. The first-order chi connectivity index (χ1) is 14.7. The van der Waals surface area contributed by atoms with E-state index in [9.17, 15) is 0 Å². The highest BCUT2D eigenvalue weighted by Gasteiger charge is 2.09. The van der Waals surface area contributed by atoms with E-state index in [1.807, 2.05) is 24.3 Å². The minimum atomic E-state index is 0.646. The molecule has 156 valence electrons. The molecule has 0 atom stereocenters. The average molecular weight is 422 g/mol. The van der Waals surface area contributed by atoms with E-state index >= 15 is 0 Å². The number of aryl methyl sites for hydroxylation is 1. The smallest absolute Gasteiger partial charge is 0.183 e. The van der Waals surface area contributed by atoms with Gasteiger partial charge in [-0.15, -0.1) is 11.3 Å². The van der Waals surface area contributed by atoms with Crippen LogP contribution in [0, 0.1) is 18.3 Å². The van der Waals surface area contributed by atoms with Gasteiger partial charge in [0.2, 0.25) is 0 Å². The first-order valence-corrected chi connectivity index (χ1v) is 11.1. The van der Waals surface area contributed by atoms with Crippen molar-refractivity contribution in [2.75, 3.05) is 25.1 Å². The lowest BCUT2D eigenvalue weighted by molar-refractivity contribution is 0.279. The van der Waals surface area contributed by atoms with Crippen LogP contribution in [0.5, 0.6) is 11.5 Å². The molecule has 0 aliphatic heterocycles. The zero-order valence-electron chi connectivity index (χ0n) is 17.5. The van der Waals surface area contributed by atoms with Crippen molar-refractivity contribution in [1.29, 1.82) is 5.26 Å². The van der Waals surface area contributed by atoms with Crippen LogP contribution in [-0.2, 0) is 0 Å². The summed E-state index contributed by atoms with van der Waals surface area (Å²) in [5.74, 6) is 1.69. The third-order valence-corrected chi connectivity index (χ3v) is 5.49. The summed E-state index contributed by atoms with van der Waals surface area (Å²) in [6, 6.07) is 17.5. The van der Waals surface area contributed by atoms with E-state index in [-0.39, 0.29) is 0 Å². The highest BCUT2D eigenvalue weighted by atomic mass is 32.1. The Balaban J connectivity index is 1.35. The Bertz CT molecular complexity index is 960. The van der Waals surface area contributed by atoms with E-state index in [0.29, 0.717) is 18.8 Å². The summed E-state index contributed by atoms with van der Waals surface area (Å²) in [6.07, 6.45) is 2.99. The molecule has 0 bridgehead atoms. The van der Waals surface area contributed by atoms with E-state index in [1.165, 1.54) is 4.88 Å². The van der Waals surface area contributed by atoms with Gasteiger partial charge in [0.1, 0.15) is 11.5 Å². The fourth-order valence-electron chi connectivity index (χ4n) is 2.99. The molecular weight excluding hydrogens is 394 g/mol. The number of rotatable bonds is 11. The normalized spacial score (nSPS) is 10.4. The van der Waals surface area contributed by atoms with Crippen molar-refractivity contribution < 1.29 is 9.47 Å². The molecule has 0 fully saturated rings. The second-order valence-electron chi connectivity index (χ2n) is 6.87. The Kier molecular flexibility index (Phi) is 8.10. The SMILES string of the molecule is CCNc1nc(-c2ccc(OCCCCCOc3ccc(C#N)cc3)cc2)c(C)s1. The van der Waals surface area contributed by atoms with Gasteiger partial charge in [-0.3, -0.25) is 0 Å². The molecule has 6 heteroatoms. The molecule has 0 aliphatic rings. The average Bonchev–Trinajstić information content (AvgIpc) is 3.14. The number of anilines is 1. The summed E-state index contributed by atoms with van der Waals surface area (Å²) in [7, 11) is 0. The van der Waals surface area contributed by atoms with Crippen LogP contribution >= 0.6 is 11.3 Å². The molecule has 5 nitrogen and oxygen atoms in total. The fraction of sp³-hybridized carbons (Fsp3) is 0.333. The minimum absolute atomic E-state index is 0.646. The van der Waals surface area contributed by atoms with Crippen molar-refractivity contribution in [1.82, 2.24) is 4.98 Å². The number of hydrogen-bond acceptors (Lipinski definition) is 6. The van der Waals surface area contributed by atoms with Gasteiger partial charge in [-0.25, -0.2) is 4.98 Å². The number of thiazole rings is 1. The standard InChI is InChI=1S/C24H27N3O2S/c1-3-26-24-27-23(18(2)30-24)20-9-13-22(14-10-20)29-16-6-4-5-15-28-21-11-7-19(17-25)8-12-21/h7-14H,3-6,15-16H2,1-2H3,(H,26,27). The van der Waals surface area contributed by atoms with Gasteiger partial charge in [-0.2, -0.15) is 5.26 Å². The second kappa shape index (κ2) is 11.2. The molecule has 0 radical (unpaired) electrons. The quantitative estimate of drug-likeness (QED) is 0.382. The zero-order valence-corrected chi connectivity index (χ0v) is 18.3. The molecule has 0 aliphatic carbocycles. The fourth-order valence-corrected chi connectivity index (χ4v) is 3.89. The number of unbranched alkanes of at least 4 members (excludes halogenated alkanes) is 2. The predicted molar refractivity (Wildman–Crippen MR) is 122 cm³/mol. The molecule has 3 rings (SSSR count). The molecule has 1 heterocycles. The lowest BCUT2D eigenvalue weighted by Crippen LogP contribution is -2.01. The Hall–Kier alpha value is -3.04. The molecular formula is C24H27N3O2S. The number of nitrogens with zero attached hydrogens (tertiary/aromatic N) is 2. The minimum Gasteiger partial charge on any atom is -0.494 e. The molecule has 0 unspecified atom stereocenters. The third-order valence-electron chi connectivity index (χ3n) is 4.56. The monoisotopic (exact) mass is 421 g/mol. The first kappa shape index (κ1) is 21.7. The van der Waals surface area contributed by atoms with E-state index in [1.54, 1.807) is 23.5 Å². The van der Waals surface area contributed by atoms with Gasteiger partial charge in [0.15, 0.2) is 5.13 Å². The number of nitriles is 1. The lowest BCUT2D eigenvalue weighted by Gasteiger charge is -2.08. The van der Waals surface area contributed by atoms with Crippen molar-refractivity contribution >= 4 is 16.5 Å². The maximum Gasteiger partial charge on any atom is 0.183 e. The van der Waals surface area contributed by atoms with Crippen LogP contribution in [0.25, 0.3) is 11.3 Å². The lowest BCUT2D eigenvalue weighted by atomic mass is 10.1. The van der Waals surface area contributed by atoms with Crippen molar-refractivity contribution in [3.63, 3.8) is 0 Å². The van der Waals surface area contributed by atoms with Crippen LogP contribution in [-0.4, -0.2) is 24.7 Å². The molecule has 1 N–H and O–H groups in total. The van der Waals surface area contributed by atoms with Gasteiger partial charge in [-0.1, -0.05) is 0 Å². The van der Waals surface area contributed by atoms with E-state index < -0.39 is 0 Å². The summed E-state index contributed by atoms with van der Waals surface area (Å²) in [5.41, 5.74) is 2.79. The molecule has 0 spiro atoms. The van der Waals surface area contributed by atoms with Crippen LogP contribution < -0.4 is 14.8 Å². The summed E-state index contributed by atoms with van der Waals surface area (Å²) >= 11 is 1.68. The number of aromatic nitrogens is 1. The molecule has 2 aromatic carbocycles. The number of nitrogens with one attached hydrogen (secondary N) is 1. The molecule has 0 saturated carbocycles. The Morgan fingerprint density at radius 3 is 2.10 bits per heavy atom. The highest BCUT2D eigenvalue weighted by molar-refractivity contribution is 7.16. The molecule has 0 amide bonds. The second-order valence-corrected chi connectivity index (χ2v) is 8.08. The van der Waals surface area contributed by atoms with E-state index in [4.69, 9.17) is 14.7 Å². The molecule has 30 heavy (non-hydrogen) atoms. The first-order valence-electron chi connectivity index (χ1n) is 10.3. The topological polar surface area (TPSA) is 67.2 Å². The van der Waals surface area contributed by atoms with Crippen LogP contribution in [0.4, 0.5) is 5.13 Å².